The van der Waals surface area contributed by atoms with Crippen molar-refractivity contribution in [1.29, 1.82) is 0 Å². The smallest absolute Gasteiger partial charge is 0.0159 e. The van der Waals surface area contributed by atoms with E-state index in [1.807, 2.05) is 0 Å². The first-order valence-electron chi connectivity index (χ1n) is 6.08. The number of hydrogen-bond donors (Lipinski definition) is 0. The van der Waals surface area contributed by atoms with Crippen molar-refractivity contribution in [3.05, 3.63) is 35.9 Å². The first-order chi connectivity index (χ1) is 7.74. The van der Waals surface area contributed by atoms with E-state index >= 15 is 0 Å². The van der Waals surface area contributed by atoms with Crippen LogP contribution in [0, 0.1) is 0 Å². The summed E-state index contributed by atoms with van der Waals surface area (Å²) in [5.41, 5.74) is 1.45. The molecule has 0 atom stereocenters. The third-order valence-electron chi connectivity index (χ3n) is 2.86. The lowest BCUT2D eigenvalue weighted by Crippen LogP contribution is -2.33. The summed E-state index contributed by atoms with van der Waals surface area (Å²) >= 11 is 3.51. The highest BCUT2D eigenvalue weighted by molar-refractivity contribution is 9.09. The van der Waals surface area contributed by atoms with Crippen molar-refractivity contribution < 1.29 is 0 Å². The highest BCUT2D eigenvalue weighted by Crippen LogP contribution is 2.06. The van der Waals surface area contributed by atoms with Gasteiger partial charge in [0, 0.05) is 17.9 Å². The molecule has 1 rings (SSSR count). The van der Waals surface area contributed by atoms with Crippen molar-refractivity contribution in [2.45, 2.75) is 32.7 Å². The second-order valence-corrected chi connectivity index (χ2v) is 5.20. The molecule has 1 aromatic carbocycles. The van der Waals surface area contributed by atoms with Crippen LogP contribution in [-0.4, -0.2) is 29.4 Å². The molecule has 90 valence electrons. The van der Waals surface area contributed by atoms with E-state index in [1.165, 1.54) is 24.9 Å². The molecule has 0 aliphatic rings. The Balaban J connectivity index is 2.28. The van der Waals surface area contributed by atoms with E-state index in [0.717, 1.165) is 11.9 Å². The number of nitrogens with zero attached hydrogens (tertiary/aromatic N) is 1. The van der Waals surface area contributed by atoms with E-state index in [4.69, 9.17) is 0 Å². The van der Waals surface area contributed by atoms with E-state index in [1.54, 1.807) is 0 Å². The minimum Gasteiger partial charge on any atom is -0.300 e. The third-order valence-corrected chi connectivity index (χ3v) is 3.21. The fraction of sp³-hybridized carbons (Fsp3) is 0.571. The van der Waals surface area contributed by atoms with Gasteiger partial charge in [0.2, 0.25) is 0 Å². The van der Waals surface area contributed by atoms with Gasteiger partial charge in [-0.15, -0.1) is 0 Å². The van der Waals surface area contributed by atoms with Crippen LogP contribution >= 0.6 is 15.9 Å². The molecular formula is C14H22BrN. The standard InChI is InChI=1S/C14H22BrN/c1-13(2)16(12-10-15)11-6-9-14-7-4-3-5-8-14/h3-5,7-8,13H,6,9-12H2,1-2H3. The summed E-state index contributed by atoms with van der Waals surface area (Å²) in [4.78, 5) is 2.53. The number of halogens is 1. The van der Waals surface area contributed by atoms with Crippen LogP contribution in [-0.2, 0) is 6.42 Å². The summed E-state index contributed by atoms with van der Waals surface area (Å²) in [7, 11) is 0. The highest BCUT2D eigenvalue weighted by atomic mass is 79.9. The van der Waals surface area contributed by atoms with Crippen molar-refractivity contribution in [1.82, 2.24) is 4.90 Å². The molecule has 0 aromatic heterocycles. The molecule has 0 unspecified atom stereocenters. The van der Waals surface area contributed by atoms with Crippen molar-refractivity contribution in [3.8, 4) is 0 Å². The van der Waals surface area contributed by atoms with E-state index in [2.05, 4.69) is 65.0 Å². The lowest BCUT2D eigenvalue weighted by Gasteiger charge is -2.25. The lowest BCUT2D eigenvalue weighted by molar-refractivity contribution is 0.233. The molecule has 0 aliphatic carbocycles. The summed E-state index contributed by atoms with van der Waals surface area (Å²) in [5, 5.41) is 1.07. The largest absolute Gasteiger partial charge is 0.300 e. The molecule has 0 N–H and O–H groups in total. The van der Waals surface area contributed by atoms with Crippen LogP contribution in [0.15, 0.2) is 30.3 Å². The topological polar surface area (TPSA) is 3.24 Å². The van der Waals surface area contributed by atoms with Gasteiger partial charge in [-0.1, -0.05) is 46.3 Å². The Hall–Kier alpha value is -0.340. The zero-order chi connectivity index (χ0) is 11.8. The lowest BCUT2D eigenvalue weighted by atomic mass is 10.1. The fourth-order valence-electron chi connectivity index (χ4n) is 1.87. The third kappa shape index (κ3) is 5.13. The minimum atomic E-state index is 0.647. The number of benzene rings is 1. The van der Waals surface area contributed by atoms with Crippen LogP contribution in [0.4, 0.5) is 0 Å². The number of alkyl halides is 1. The van der Waals surface area contributed by atoms with Crippen molar-refractivity contribution in [2.75, 3.05) is 18.4 Å². The highest BCUT2D eigenvalue weighted by Gasteiger charge is 2.07. The second kappa shape index (κ2) is 7.86. The molecule has 0 saturated carbocycles. The van der Waals surface area contributed by atoms with Crippen LogP contribution in [0.1, 0.15) is 25.8 Å². The Bertz CT molecular complexity index is 271. The van der Waals surface area contributed by atoms with Gasteiger partial charge in [0.25, 0.3) is 0 Å². The van der Waals surface area contributed by atoms with Gasteiger partial charge in [-0.25, -0.2) is 0 Å². The molecule has 0 spiro atoms. The minimum absolute atomic E-state index is 0.647. The Morgan fingerprint density at radius 2 is 1.81 bits per heavy atom. The average Bonchev–Trinajstić information content (AvgIpc) is 2.29. The SMILES string of the molecule is CC(C)N(CCBr)CCCc1ccccc1. The molecule has 1 aromatic rings. The van der Waals surface area contributed by atoms with Gasteiger partial charge < -0.3 is 4.90 Å². The van der Waals surface area contributed by atoms with Gasteiger partial charge in [0.05, 0.1) is 0 Å². The normalized spacial score (nSPS) is 11.3. The van der Waals surface area contributed by atoms with Crippen molar-refractivity contribution in [2.24, 2.45) is 0 Å². The van der Waals surface area contributed by atoms with Gasteiger partial charge in [-0.05, 0) is 38.8 Å². The van der Waals surface area contributed by atoms with E-state index < -0.39 is 0 Å². The van der Waals surface area contributed by atoms with Crippen LogP contribution < -0.4 is 0 Å². The Morgan fingerprint density at radius 1 is 1.12 bits per heavy atom. The van der Waals surface area contributed by atoms with Gasteiger partial charge in [-0.3, -0.25) is 0 Å². The first kappa shape index (κ1) is 13.7. The van der Waals surface area contributed by atoms with Gasteiger partial charge >= 0.3 is 0 Å². The summed E-state index contributed by atoms with van der Waals surface area (Å²) in [6, 6.07) is 11.4. The first-order valence-corrected chi connectivity index (χ1v) is 7.20. The zero-order valence-electron chi connectivity index (χ0n) is 10.3. The summed E-state index contributed by atoms with van der Waals surface area (Å²) in [5.74, 6) is 0. The zero-order valence-corrected chi connectivity index (χ0v) is 11.9. The van der Waals surface area contributed by atoms with E-state index in [0.29, 0.717) is 6.04 Å². The van der Waals surface area contributed by atoms with Crippen LogP contribution in [0.25, 0.3) is 0 Å². The molecule has 16 heavy (non-hydrogen) atoms. The molecule has 0 radical (unpaired) electrons. The Morgan fingerprint density at radius 3 is 2.38 bits per heavy atom. The second-order valence-electron chi connectivity index (χ2n) is 4.41. The predicted molar refractivity (Wildman–Crippen MR) is 75.3 cm³/mol. The Labute approximate surface area is 108 Å². The average molecular weight is 284 g/mol. The molecular weight excluding hydrogens is 262 g/mol. The number of hydrogen-bond acceptors (Lipinski definition) is 1. The molecule has 1 nitrogen and oxygen atoms in total. The summed E-state index contributed by atoms with van der Waals surface area (Å²) in [6.07, 6.45) is 2.43. The molecule has 0 bridgehead atoms. The van der Waals surface area contributed by atoms with Crippen molar-refractivity contribution >= 4 is 15.9 Å². The van der Waals surface area contributed by atoms with Gasteiger partial charge in [0.1, 0.15) is 0 Å². The molecule has 2 heteroatoms. The molecule has 0 heterocycles. The van der Waals surface area contributed by atoms with Crippen LogP contribution in [0.5, 0.6) is 0 Å². The van der Waals surface area contributed by atoms with E-state index in [-0.39, 0.29) is 0 Å². The summed E-state index contributed by atoms with van der Waals surface area (Å²) < 4.78 is 0. The van der Waals surface area contributed by atoms with Crippen molar-refractivity contribution in [3.63, 3.8) is 0 Å². The predicted octanol–water partition coefficient (Wildman–Crippen LogP) is 3.72. The fourth-order valence-corrected chi connectivity index (χ4v) is 2.32. The molecule has 0 aliphatic heterocycles. The monoisotopic (exact) mass is 283 g/mol. The molecule has 0 amide bonds. The maximum Gasteiger partial charge on any atom is 0.0159 e. The summed E-state index contributed by atoms with van der Waals surface area (Å²) in [6.45, 7) is 6.88. The van der Waals surface area contributed by atoms with Gasteiger partial charge in [-0.2, -0.15) is 0 Å². The Kier molecular flexibility index (Phi) is 6.74. The number of aryl methyl sites for hydroxylation is 1. The van der Waals surface area contributed by atoms with Crippen LogP contribution in [0.3, 0.4) is 0 Å². The van der Waals surface area contributed by atoms with E-state index in [9.17, 15) is 0 Å². The number of rotatable bonds is 7. The maximum absolute atomic E-state index is 3.51. The quantitative estimate of drug-likeness (QED) is 0.690. The van der Waals surface area contributed by atoms with Gasteiger partial charge in [0.15, 0.2) is 0 Å². The molecule has 0 fully saturated rings. The van der Waals surface area contributed by atoms with Crippen LogP contribution in [0.2, 0.25) is 0 Å². The molecule has 0 saturated heterocycles. The maximum atomic E-state index is 3.51.